The second kappa shape index (κ2) is 8.75. The average Bonchev–Trinajstić information content (AvgIpc) is 3.06. The highest BCUT2D eigenvalue weighted by molar-refractivity contribution is 8.14. The molecule has 7 nitrogen and oxygen atoms in total. The molecule has 1 aromatic carbocycles. The molecule has 1 amide bonds. The van der Waals surface area contributed by atoms with Crippen molar-refractivity contribution in [1.29, 1.82) is 5.41 Å². The summed E-state index contributed by atoms with van der Waals surface area (Å²) in [6, 6.07) is 7.54. The molecule has 0 bridgehead atoms. The lowest BCUT2D eigenvalue weighted by Gasteiger charge is -2.20. The smallest absolute Gasteiger partial charge is 0.407 e. The van der Waals surface area contributed by atoms with Gasteiger partial charge in [0.1, 0.15) is 5.60 Å². The van der Waals surface area contributed by atoms with Crippen LogP contribution >= 0.6 is 11.8 Å². The predicted molar refractivity (Wildman–Crippen MR) is 106 cm³/mol. The Morgan fingerprint density at radius 2 is 2.15 bits per heavy atom. The molecule has 3 N–H and O–H groups in total. The van der Waals surface area contributed by atoms with Crippen molar-refractivity contribution in [3.63, 3.8) is 0 Å². The highest BCUT2D eigenvalue weighted by Crippen LogP contribution is 2.20. The summed E-state index contributed by atoms with van der Waals surface area (Å²) in [7, 11) is 0. The van der Waals surface area contributed by atoms with Crippen LogP contribution in [0.15, 0.2) is 36.7 Å². The third-order valence-corrected chi connectivity index (χ3v) is 3.88. The van der Waals surface area contributed by atoms with Gasteiger partial charge >= 0.3 is 6.09 Å². The van der Waals surface area contributed by atoms with E-state index in [0.29, 0.717) is 5.17 Å². The van der Waals surface area contributed by atoms with E-state index in [9.17, 15) is 4.79 Å². The van der Waals surface area contributed by atoms with Crippen molar-refractivity contribution in [3.8, 4) is 5.69 Å². The van der Waals surface area contributed by atoms with Crippen LogP contribution in [0.1, 0.15) is 33.3 Å². The summed E-state index contributed by atoms with van der Waals surface area (Å²) in [5.74, 6) is 0.824. The summed E-state index contributed by atoms with van der Waals surface area (Å²) in [5.41, 5.74) is 1.95. The number of benzene rings is 1. The fourth-order valence-electron chi connectivity index (χ4n) is 2.23. The topological polar surface area (TPSA) is 92.0 Å². The maximum Gasteiger partial charge on any atom is 0.407 e. The zero-order valence-corrected chi connectivity index (χ0v) is 16.3. The van der Waals surface area contributed by atoms with Crippen LogP contribution in [-0.4, -0.2) is 32.4 Å². The number of hydrogen-bond donors (Lipinski definition) is 3. The number of nitrogens with one attached hydrogen (secondary N) is 3. The van der Waals surface area contributed by atoms with Gasteiger partial charge in [0.25, 0.3) is 0 Å². The summed E-state index contributed by atoms with van der Waals surface area (Å²) in [5, 5.41) is 18.4. The van der Waals surface area contributed by atoms with Gasteiger partial charge in [-0.1, -0.05) is 18.7 Å². The Morgan fingerprint density at radius 3 is 2.77 bits per heavy atom. The highest BCUT2D eigenvalue weighted by atomic mass is 32.2. The molecule has 0 unspecified atom stereocenters. The zero-order chi connectivity index (χ0) is 19.2. The fourth-order valence-corrected chi connectivity index (χ4v) is 2.71. The van der Waals surface area contributed by atoms with Crippen LogP contribution in [0.3, 0.4) is 0 Å². The molecule has 0 aliphatic rings. The molecule has 0 aliphatic carbocycles. The molecule has 0 spiro atoms. The van der Waals surface area contributed by atoms with Gasteiger partial charge in [-0.25, -0.2) is 9.48 Å². The van der Waals surface area contributed by atoms with Gasteiger partial charge in [0.15, 0.2) is 5.17 Å². The van der Waals surface area contributed by atoms with Gasteiger partial charge in [-0.15, -0.1) is 0 Å². The van der Waals surface area contributed by atoms with Crippen LogP contribution in [0.4, 0.5) is 10.5 Å². The van der Waals surface area contributed by atoms with E-state index in [1.807, 2.05) is 58.2 Å². The van der Waals surface area contributed by atoms with E-state index < -0.39 is 11.7 Å². The Labute approximate surface area is 158 Å². The molecule has 26 heavy (non-hydrogen) atoms. The molecule has 0 saturated carbocycles. The van der Waals surface area contributed by atoms with Gasteiger partial charge in [0.05, 0.1) is 5.69 Å². The number of alkyl carbamates (subject to hydrolysis) is 1. The average molecular weight is 375 g/mol. The van der Waals surface area contributed by atoms with Crippen molar-refractivity contribution in [2.24, 2.45) is 0 Å². The number of nitrogens with zero attached hydrogens (tertiary/aromatic N) is 2. The molecule has 0 fully saturated rings. The minimum Gasteiger partial charge on any atom is -0.444 e. The number of anilines is 1. The molecule has 2 rings (SSSR count). The predicted octanol–water partition coefficient (Wildman–Crippen LogP) is 4.00. The Balaban J connectivity index is 2.19. The molecule has 140 valence electrons. The van der Waals surface area contributed by atoms with Gasteiger partial charge in [-0.2, -0.15) is 5.10 Å². The highest BCUT2D eigenvalue weighted by Gasteiger charge is 2.16. The largest absolute Gasteiger partial charge is 0.444 e. The maximum atomic E-state index is 12.0. The summed E-state index contributed by atoms with van der Waals surface area (Å²) in [6.07, 6.45) is 3.07. The van der Waals surface area contributed by atoms with E-state index in [1.165, 1.54) is 11.8 Å². The molecular weight excluding hydrogens is 350 g/mol. The Kier molecular flexibility index (Phi) is 6.68. The quantitative estimate of drug-likeness (QED) is 0.543. The minimum atomic E-state index is -0.551. The summed E-state index contributed by atoms with van der Waals surface area (Å²) in [6.45, 7) is 7.75. The Bertz CT molecular complexity index is 753. The SMILES string of the molecule is CCSC(=N)Nc1ccc(-n2cccn2)c(CNC(=O)OC(C)(C)C)c1. The van der Waals surface area contributed by atoms with E-state index in [0.717, 1.165) is 22.7 Å². The summed E-state index contributed by atoms with van der Waals surface area (Å²) >= 11 is 1.42. The number of carbonyl (C=O) groups excluding carboxylic acids is 1. The first kappa shape index (κ1) is 19.8. The number of rotatable bonds is 5. The number of amidine groups is 1. The van der Waals surface area contributed by atoms with Gasteiger partial charge < -0.3 is 15.4 Å². The lowest BCUT2D eigenvalue weighted by Crippen LogP contribution is -2.32. The van der Waals surface area contributed by atoms with E-state index in [1.54, 1.807) is 10.9 Å². The van der Waals surface area contributed by atoms with Gasteiger partial charge in [0.2, 0.25) is 0 Å². The van der Waals surface area contributed by atoms with Crippen molar-refractivity contribution in [1.82, 2.24) is 15.1 Å². The number of aromatic nitrogens is 2. The van der Waals surface area contributed by atoms with Gasteiger partial charge in [0, 0.05) is 24.6 Å². The zero-order valence-electron chi connectivity index (χ0n) is 15.5. The van der Waals surface area contributed by atoms with Crippen molar-refractivity contribution in [2.75, 3.05) is 11.1 Å². The minimum absolute atomic E-state index is 0.286. The van der Waals surface area contributed by atoms with Crippen molar-refractivity contribution in [2.45, 2.75) is 39.8 Å². The molecule has 0 saturated heterocycles. The third kappa shape index (κ3) is 6.11. The fraction of sp³-hybridized carbons (Fsp3) is 0.389. The first-order valence-corrected chi connectivity index (χ1v) is 9.35. The lowest BCUT2D eigenvalue weighted by molar-refractivity contribution is 0.0523. The number of thioether (sulfide) groups is 1. The normalized spacial score (nSPS) is 11.1. The van der Waals surface area contributed by atoms with Crippen LogP contribution in [0, 0.1) is 5.41 Å². The molecule has 2 aromatic rings. The molecular formula is C18H25N5O2S. The number of ether oxygens (including phenoxy) is 1. The number of hydrogen-bond acceptors (Lipinski definition) is 5. The number of amides is 1. The third-order valence-electron chi connectivity index (χ3n) is 3.20. The first-order chi connectivity index (χ1) is 12.3. The van der Waals surface area contributed by atoms with Crippen LogP contribution in [0.5, 0.6) is 0 Å². The van der Waals surface area contributed by atoms with E-state index >= 15 is 0 Å². The molecule has 0 radical (unpaired) electrons. The molecule has 0 atom stereocenters. The maximum absolute atomic E-state index is 12.0. The van der Waals surface area contributed by atoms with E-state index in [4.69, 9.17) is 10.1 Å². The first-order valence-electron chi connectivity index (χ1n) is 8.36. The summed E-state index contributed by atoms with van der Waals surface area (Å²) < 4.78 is 7.03. The standard InChI is InChI=1S/C18H25N5O2S/c1-5-26-16(19)22-14-7-8-15(23-10-6-9-21-23)13(11-14)12-20-17(24)25-18(2,3)4/h6-11H,5,12H2,1-4H3,(H2,19,22)(H,20,24). The van der Waals surface area contributed by atoms with E-state index in [-0.39, 0.29) is 6.54 Å². The summed E-state index contributed by atoms with van der Waals surface area (Å²) in [4.78, 5) is 12.0. The van der Waals surface area contributed by atoms with Crippen LogP contribution in [0.2, 0.25) is 0 Å². The van der Waals surface area contributed by atoms with Gasteiger partial charge in [-0.3, -0.25) is 5.41 Å². The monoisotopic (exact) mass is 375 g/mol. The van der Waals surface area contributed by atoms with Crippen LogP contribution in [0.25, 0.3) is 5.69 Å². The molecule has 1 heterocycles. The van der Waals surface area contributed by atoms with Crippen molar-refractivity contribution >= 4 is 28.7 Å². The number of carbonyl (C=O) groups is 1. The second-order valence-electron chi connectivity index (χ2n) is 6.54. The Hall–Kier alpha value is -2.48. The Morgan fingerprint density at radius 1 is 1.38 bits per heavy atom. The molecule has 1 aromatic heterocycles. The second-order valence-corrected chi connectivity index (χ2v) is 7.81. The van der Waals surface area contributed by atoms with Crippen LogP contribution < -0.4 is 10.6 Å². The molecule has 8 heteroatoms. The van der Waals surface area contributed by atoms with Gasteiger partial charge in [-0.05, 0) is 56.4 Å². The van der Waals surface area contributed by atoms with Crippen molar-refractivity contribution < 1.29 is 9.53 Å². The van der Waals surface area contributed by atoms with Crippen molar-refractivity contribution in [3.05, 3.63) is 42.2 Å². The lowest BCUT2D eigenvalue weighted by atomic mass is 10.1. The molecule has 0 aliphatic heterocycles. The van der Waals surface area contributed by atoms with Crippen LogP contribution in [-0.2, 0) is 11.3 Å². The van der Waals surface area contributed by atoms with E-state index in [2.05, 4.69) is 15.7 Å².